The number of ether oxygens (including phenoxy) is 19. The van der Waals surface area contributed by atoms with E-state index in [9.17, 15) is 4.79 Å². The summed E-state index contributed by atoms with van der Waals surface area (Å²) in [7, 11) is 0. The van der Waals surface area contributed by atoms with Crippen LogP contribution in [0, 0.1) is 0 Å². The van der Waals surface area contributed by atoms with E-state index in [-0.39, 0.29) is 12.4 Å². The lowest BCUT2D eigenvalue weighted by atomic mass is 10.2. The molecule has 0 saturated heterocycles. The Bertz CT molecular complexity index is 1200. The van der Waals surface area contributed by atoms with Gasteiger partial charge in [0.25, 0.3) is 0 Å². The third kappa shape index (κ3) is 63.6. The van der Waals surface area contributed by atoms with Gasteiger partial charge in [-0.3, -0.25) is 9.69 Å². The zero-order valence-electron chi connectivity index (χ0n) is 45.0. The Morgan fingerprint density at radius 2 is 0.514 bits per heavy atom. The molecule has 0 bridgehead atoms. The van der Waals surface area contributed by atoms with E-state index < -0.39 is 5.60 Å². The molecule has 0 aliphatic rings. The summed E-state index contributed by atoms with van der Waals surface area (Å²) in [6, 6.07) is 0. The largest absolute Gasteiger partial charge is 0.460 e. The first-order chi connectivity index (χ1) is 36.4. The number of azide groups is 2. The lowest BCUT2D eigenvalue weighted by Crippen LogP contribution is -2.34. The molecule has 0 heterocycles. The van der Waals surface area contributed by atoms with Crippen LogP contribution in [-0.4, -0.2) is 287 Å². The summed E-state index contributed by atoms with van der Waals surface area (Å²) < 4.78 is 105. The number of rotatable bonds is 63. The Kier molecular flexibility index (Phi) is 59.0. The molecule has 74 heavy (non-hydrogen) atoms. The molecule has 0 N–H and O–H groups in total. The van der Waals surface area contributed by atoms with Gasteiger partial charge < -0.3 is 90.0 Å². The highest BCUT2D eigenvalue weighted by molar-refractivity contribution is 5.69. The minimum absolute atomic E-state index is 0.214. The molecule has 0 aromatic rings. The van der Waals surface area contributed by atoms with Crippen molar-refractivity contribution in [3.05, 3.63) is 20.9 Å². The van der Waals surface area contributed by atoms with E-state index in [0.717, 1.165) is 0 Å². The molecule has 0 aromatic carbocycles. The SMILES string of the molecule is CC(C)(C)OC(=O)CCOCCOCCOCCOCCOCCOCCN(CCOCCOCCOCCOCCOCCOCCN=[N+]=[N-])CCOCCOCCOCCOCCOCCOCCN=[N+]=[N-]. The van der Waals surface area contributed by atoms with Crippen LogP contribution >= 0.6 is 0 Å². The molecule has 0 atom stereocenters. The lowest BCUT2D eigenvalue weighted by Gasteiger charge is -2.22. The second-order valence-corrected chi connectivity index (χ2v) is 16.1. The summed E-state index contributed by atoms with van der Waals surface area (Å²) in [6.45, 7) is 24.5. The smallest absolute Gasteiger partial charge is 0.308 e. The van der Waals surface area contributed by atoms with Gasteiger partial charge in [-0.15, -0.1) is 0 Å². The average molecular weight is 1080 g/mol. The highest BCUT2D eigenvalue weighted by Crippen LogP contribution is 2.08. The Labute approximate surface area is 439 Å². The van der Waals surface area contributed by atoms with Gasteiger partial charge in [0.1, 0.15) is 5.60 Å². The lowest BCUT2D eigenvalue weighted by molar-refractivity contribution is -0.156. The van der Waals surface area contributed by atoms with Gasteiger partial charge in [-0.2, -0.15) is 0 Å². The van der Waals surface area contributed by atoms with Crippen LogP contribution in [0.2, 0.25) is 0 Å². The van der Waals surface area contributed by atoms with Crippen LogP contribution in [0.1, 0.15) is 27.2 Å². The number of carbonyl (C=O) groups excluding carboxylic acids is 1. The van der Waals surface area contributed by atoms with Crippen LogP contribution < -0.4 is 0 Å². The topological polar surface area (TPSA) is 293 Å². The molecule has 0 saturated carbocycles. The van der Waals surface area contributed by atoms with Gasteiger partial charge >= 0.3 is 5.97 Å². The Morgan fingerprint density at radius 3 is 0.716 bits per heavy atom. The zero-order chi connectivity index (χ0) is 53.6. The second-order valence-electron chi connectivity index (χ2n) is 16.1. The number of hydrogen-bond acceptors (Lipinski definition) is 23. The molecule has 0 rings (SSSR count). The highest BCUT2D eigenvalue weighted by atomic mass is 16.6. The molecule has 0 radical (unpaired) electrons. The Morgan fingerprint density at radius 1 is 0.324 bits per heavy atom. The first-order valence-corrected chi connectivity index (χ1v) is 25.7. The summed E-state index contributed by atoms with van der Waals surface area (Å²) in [6.07, 6.45) is 0.214. The van der Waals surface area contributed by atoms with E-state index in [0.29, 0.717) is 271 Å². The van der Waals surface area contributed by atoms with Crippen molar-refractivity contribution in [1.82, 2.24) is 4.90 Å². The minimum Gasteiger partial charge on any atom is -0.460 e. The fraction of sp³-hybridized carbons (Fsp3) is 0.979. The van der Waals surface area contributed by atoms with E-state index in [1.807, 2.05) is 20.8 Å². The van der Waals surface area contributed by atoms with Crippen LogP contribution in [0.5, 0.6) is 0 Å². The van der Waals surface area contributed by atoms with Crippen LogP contribution in [0.3, 0.4) is 0 Å². The van der Waals surface area contributed by atoms with E-state index in [2.05, 4.69) is 25.0 Å². The van der Waals surface area contributed by atoms with Gasteiger partial charge in [-0.1, -0.05) is 10.2 Å². The minimum atomic E-state index is -0.494. The van der Waals surface area contributed by atoms with Crippen molar-refractivity contribution in [3.8, 4) is 0 Å². The Hall–Kier alpha value is -2.67. The van der Waals surface area contributed by atoms with Crippen LogP contribution in [0.25, 0.3) is 20.9 Å². The van der Waals surface area contributed by atoms with Crippen LogP contribution in [-0.2, 0) is 94.8 Å². The Balaban J connectivity index is 4.02. The molecule has 0 amide bonds. The van der Waals surface area contributed by atoms with Crippen molar-refractivity contribution in [2.75, 3.05) is 271 Å². The molecule has 436 valence electrons. The van der Waals surface area contributed by atoms with Crippen molar-refractivity contribution < 1.29 is 94.8 Å². The quantitative estimate of drug-likeness (QED) is 0.0278. The standard InChI is InChI=1S/C47H93N7O20/c1-47(2,3)74-46(55)4-10-56-16-22-62-28-34-68-40-43-71-37-31-65-25-19-59-13-7-54(8-14-60-20-26-66-32-38-72-44-41-69-35-29-63-23-17-57-11-5-50-52-48)9-15-61-21-27-67-33-39-73-45-42-70-36-30-64-24-18-58-12-6-51-53-49/h4-45H2,1-3H3. The van der Waals surface area contributed by atoms with Gasteiger partial charge in [0.2, 0.25) is 0 Å². The van der Waals surface area contributed by atoms with Crippen LogP contribution in [0.15, 0.2) is 10.2 Å². The van der Waals surface area contributed by atoms with E-state index in [4.69, 9.17) is 101 Å². The first kappa shape index (κ1) is 71.3. The van der Waals surface area contributed by atoms with Gasteiger partial charge in [0.15, 0.2) is 0 Å². The van der Waals surface area contributed by atoms with Crippen LogP contribution in [0.4, 0.5) is 0 Å². The predicted molar refractivity (Wildman–Crippen MR) is 270 cm³/mol. The monoisotopic (exact) mass is 1080 g/mol. The van der Waals surface area contributed by atoms with Gasteiger partial charge in [0.05, 0.1) is 244 Å². The van der Waals surface area contributed by atoms with Crippen molar-refractivity contribution in [3.63, 3.8) is 0 Å². The van der Waals surface area contributed by atoms with Gasteiger partial charge in [-0.05, 0) is 31.8 Å². The molecule has 0 aliphatic heterocycles. The molecule has 0 aromatic heterocycles. The summed E-state index contributed by atoms with van der Waals surface area (Å²) in [5, 5.41) is 6.79. The summed E-state index contributed by atoms with van der Waals surface area (Å²) in [5.41, 5.74) is 15.9. The molecule has 0 unspecified atom stereocenters. The average Bonchev–Trinajstić information content (AvgIpc) is 3.38. The molecule has 27 nitrogen and oxygen atoms in total. The molecular weight excluding hydrogens is 983 g/mol. The van der Waals surface area contributed by atoms with Crippen molar-refractivity contribution in [1.29, 1.82) is 0 Å². The van der Waals surface area contributed by atoms with Gasteiger partial charge in [0, 0.05) is 42.5 Å². The highest BCUT2D eigenvalue weighted by Gasteiger charge is 2.15. The predicted octanol–water partition coefficient (Wildman–Crippen LogP) is 2.94. The van der Waals surface area contributed by atoms with Crippen molar-refractivity contribution in [2.45, 2.75) is 32.8 Å². The van der Waals surface area contributed by atoms with Crippen molar-refractivity contribution in [2.24, 2.45) is 10.2 Å². The third-order valence-electron chi connectivity index (χ3n) is 8.90. The number of carbonyl (C=O) groups is 1. The van der Waals surface area contributed by atoms with E-state index in [1.54, 1.807) is 0 Å². The fourth-order valence-electron chi connectivity index (χ4n) is 5.37. The second kappa shape index (κ2) is 61.2. The molecule has 0 spiro atoms. The molecule has 0 fully saturated rings. The van der Waals surface area contributed by atoms with Gasteiger partial charge in [-0.25, -0.2) is 0 Å². The summed E-state index contributed by atoms with van der Waals surface area (Å²) in [5.74, 6) is -0.278. The molecule has 0 aliphatic carbocycles. The zero-order valence-corrected chi connectivity index (χ0v) is 45.0. The third-order valence-corrected chi connectivity index (χ3v) is 8.90. The first-order valence-electron chi connectivity index (χ1n) is 25.7. The normalized spacial score (nSPS) is 11.6. The van der Waals surface area contributed by atoms with Crippen molar-refractivity contribution >= 4 is 5.97 Å². The van der Waals surface area contributed by atoms with E-state index >= 15 is 0 Å². The molecular formula is C47H93N7O20. The maximum Gasteiger partial charge on any atom is 0.308 e. The number of nitrogens with zero attached hydrogens (tertiary/aromatic N) is 7. The summed E-state index contributed by atoms with van der Waals surface area (Å²) in [4.78, 5) is 19.2. The maximum absolute atomic E-state index is 11.7. The number of hydrogen-bond donors (Lipinski definition) is 0. The fourth-order valence-corrected chi connectivity index (χ4v) is 5.37. The number of esters is 1. The molecule has 27 heteroatoms. The van der Waals surface area contributed by atoms with E-state index in [1.165, 1.54) is 0 Å². The maximum atomic E-state index is 11.7. The summed E-state index contributed by atoms with van der Waals surface area (Å²) >= 11 is 0.